The van der Waals surface area contributed by atoms with E-state index in [0.717, 1.165) is 4.48 Å². The molecule has 0 aliphatic heterocycles. The molecule has 0 atom stereocenters. The molecule has 0 heterocycles. The zero-order valence-electron chi connectivity index (χ0n) is 16.3. The molecule has 0 aliphatic carbocycles. The second kappa shape index (κ2) is 7.62. The molecule has 1 nitrogen and oxygen atoms in total. The molecule has 0 aromatic heterocycles. The monoisotopic (exact) mass is 579 g/mol. The van der Waals surface area contributed by atoms with Gasteiger partial charge in [-0.3, -0.25) is 0 Å². The van der Waals surface area contributed by atoms with Gasteiger partial charge in [-0.1, -0.05) is 0 Å². The third-order valence-electron chi connectivity index (χ3n) is 4.02. The Hall–Kier alpha value is 1.86. The van der Waals surface area contributed by atoms with E-state index >= 15 is 0 Å². The first-order chi connectivity index (χ1) is 9.00. The Morgan fingerprint density at radius 2 is 0.545 bits per heavy atom. The Kier molecular flexibility index (Phi) is 9.04. The van der Waals surface area contributed by atoms with Gasteiger partial charge >= 0.3 is 49.6 Å². The maximum atomic E-state index is 5.00. The summed E-state index contributed by atoms with van der Waals surface area (Å²) in [6.45, 7) is 28.6. The van der Waals surface area contributed by atoms with Crippen molar-refractivity contribution in [3.8, 4) is 0 Å². The van der Waals surface area contributed by atoms with Gasteiger partial charge in [-0.15, -0.1) is 0 Å². The molecule has 0 rings (SSSR count). The first-order valence-corrected chi connectivity index (χ1v) is 18.1. The van der Waals surface area contributed by atoms with Crippen molar-refractivity contribution < 1.29 is 17.3 Å². The summed E-state index contributed by atoms with van der Waals surface area (Å²) < 4.78 is 1.08. The summed E-state index contributed by atoms with van der Waals surface area (Å²) >= 11 is -3.00. The van der Waals surface area contributed by atoms with Crippen LogP contribution in [0.4, 0.5) is 0 Å². The Bertz CT molecular complexity index is 281. The second-order valence-electron chi connectivity index (χ2n) is 9.61. The fourth-order valence-corrected chi connectivity index (χ4v) is 6.04. The molecular formula is C16H36AuCl4N. The Labute approximate surface area is 158 Å². The molecule has 0 aromatic carbocycles. The summed E-state index contributed by atoms with van der Waals surface area (Å²) in [6, 6.07) is 0. The van der Waals surface area contributed by atoms with Crippen LogP contribution in [0.3, 0.4) is 0 Å². The van der Waals surface area contributed by atoms with E-state index in [-0.39, 0.29) is 22.2 Å². The van der Waals surface area contributed by atoms with Crippen LogP contribution >= 0.6 is 36.8 Å². The normalized spacial score (nSPS) is 16.0. The van der Waals surface area contributed by atoms with E-state index in [2.05, 4.69) is 83.1 Å². The van der Waals surface area contributed by atoms with Gasteiger partial charge in [0, 0.05) is 0 Å². The molecule has 22 heavy (non-hydrogen) atoms. The van der Waals surface area contributed by atoms with Crippen LogP contribution in [0, 0.1) is 0 Å². The van der Waals surface area contributed by atoms with E-state index in [4.69, 9.17) is 36.8 Å². The topological polar surface area (TPSA) is 0 Å². The van der Waals surface area contributed by atoms with Gasteiger partial charge in [0.05, 0.1) is 22.2 Å². The van der Waals surface area contributed by atoms with Gasteiger partial charge in [-0.25, -0.2) is 0 Å². The molecule has 0 saturated carbocycles. The summed E-state index contributed by atoms with van der Waals surface area (Å²) in [5.74, 6) is 0. The van der Waals surface area contributed by atoms with Crippen LogP contribution in [-0.2, 0) is 12.8 Å². The summed E-state index contributed by atoms with van der Waals surface area (Å²) in [4.78, 5) is 0. The van der Waals surface area contributed by atoms with Crippen molar-refractivity contribution in [2.75, 3.05) is 0 Å². The Morgan fingerprint density at radius 1 is 0.455 bits per heavy atom. The van der Waals surface area contributed by atoms with Crippen LogP contribution in [-0.4, -0.2) is 26.6 Å². The van der Waals surface area contributed by atoms with Crippen LogP contribution < -0.4 is 0 Å². The van der Waals surface area contributed by atoms with Gasteiger partial charge in [-0.2, -0.15) is 0 Å². The van der Waals surface area contributed by atoms with Crippen LogP contribution in [0.25, 0.3) is 0 Å². The third-order valence-corrected chi connectivity index (χ3v) is 4.02. The van der Waals surface area contributed by atoms with E-state index in [1.165, 1.54) is 0 Å². The van der Waals surface area contributed by atoms with Crippen molar-refractivity contribution >= 4 is 36.8 Å². The van der Waals surface area contributed by atoms with Crippen molar-refractivity contribution in [2.45, 2.75) is 105 Å². The molecule has 0 spiro atoms. The van der Waals surface area contributed by atoms with Gasteiger partial charge in [-0.05, 0) is 83.1 Å². The molecule has 0 amide bonds. The molecule has 0 unspecified atom stereocenters. The van der Waals surface area contributed by atoms with Crippen molar-refractivity contribution in [1.82, 2.24) is 0 Å². The minimum absolute atomic E-state index is 0.203. The van der Waals surface area contributed by atoms with Crippen molar-refractivity contribution in [2.24, 2.45) is 0 Å². The predicted octanol–water partition coefficient (Wildman–Crippen LogP) is 7.75. The predicted molar refractivity (Wildman–Crippen MR) is 103 cm³/mol. The number of rotatable bonds is 0. The molecule has 0 N–H and O–H groups in total. The summed E-state index contributed by atoms with van der Waals surface area (Å²) in [5, 5.41) is 0. The van der Waals surface area contributed by atoms with Gasteiger partial charge in [0.2, 0.25) is 0 Å². The standard InChI is InChI=1S/C16H36N.Au.4ClH/c1-13(2,3)17(14(4,5)6,15(7,8)9)16(10,11)12;;;;;/h1-12H3;;4*1H/q+1;+3;;;;/p-4. The summed E-state index contributed by atoms with van der Waals surface area (Å²) in [5.41, 5.74) is 0.812. The first-order valence-electron chi connectivity index (χ1n) is 7.35. The van der Waals surface area contributed by atoms with E-state index in [1.807, 2.05) is 0 Å². The number of quaternary nitrogens is 1. The van der Waals surface area contributed by atoms with Crippen molar-refractivity contribution in [3.05, 3.63) is 0 Å². The molecule has 144 valence electrons. The van der Waals surface area contributed by atoms with Crippen LogP contribution in [0.15, 0.2) is 0 Å². The number of hydrogen-bond acceptors (Lipinski definition) is 0. The quantitative estimate of drug-likeness (QED) is 0.203. The van der Waals surface area contributed by atoms with E-state index in [1.54, 1.807) is 0 Å². The van der Waals surface area contributed by atoms with Crippen LogP contribution in [0.5, 0.6) is 0 Å². The zero-order valence-corrected chi connectivity index (χ0v) is 21.5. The van der Waals surface area contributed by atoms with Crippen LogP contribution in [0.2, 0.25) is 0 Å². The van der Waals surface area contributed by atoms with Gasteiger partial charge in [0.15, 0.2) is 0 Å². The molecule has 6 heteroatoms. The summed E-state index contributed by atoms with van der Waals surface area (Å²) in [7, 11) is 20.0. The molecule has 0 fully saturated rings. The maximum absolute atomic E-state index is 5.00. The van der Waals surface area contributed by atoms with E-state index < -0.39 is 12.8 Å². The number of nitrogens with zero attached hydrogens (tertiary/aromatic N) is 1. The Morgan fingerprint density at radius 3 is 0.545 bits per heavy atom. The fourth-order valence-electron chi connectivity index (χ4n) is 6.04. The summed E-state index contributed by atoms with van der Waals surface area (Å²) in [6.07, 6.45) is 0. The number of hydrogen-bond donors (Lipinski definition) is 0. The van der Waals surface area contributed by atoms with E-state index in [0.29, 0.717) is 0 Å². The van der Waals surface area contributed by atoms with Crippen molar-refractivity contribution in [1.29, 1.82) is 0 Å². The minimum atomic E-state index is -3.00. The van der Waals surface area contributed by atoms with Gasteiger partial charge in [0.25, 0.3) is 0 Å². The molecule has 0 bridgehead atoms. The molecule has 0 saturated heterocycles. The molecule has 0 aliphatic rings. The molecule has 0 radical (unpaired) electrons. The average Bonchev–Trinajstić information content (AvgIpc) is 1.83. The second-order valence-corrected chi connectivity index (χ2v) is 28.4. The zero-order chi connectivity index (χ0) is 19.0. The van der Waals surface area contributed by atoms with Gasteiger partial charge in [0.1, 0.15) is 0 Å². The fraction of sp³-hybridized carbons (Fsp3) is 1.00. The molecular weight excluding hydrogens is 545 g/mol. The third kappa shape index (κ3) is 6.64. The molecule has 0 aromatic rings. The SMILES string of the molecule is CC(C)(C)[N+](C(C)(C)C)(C(C)(C)C)C(C)(C)C.[Cl][Au-]([Cl])([Cl])[Cl]. The number of halogens is 4. The van der Waals surface area contributed by atoms with Crippen LogP contribution in [0.1, 0.15) is 83.1 Å². The Balaban J connectivity index is 0. The average molecular weight is 581 g/mol. The van der Waals surface area contributed by atoms with Crippen molar-refractivity contribution in [3.63, 3.8) is 0 Å². The van der Waals surface area contributed by atoms with Gasteiger partial charge < -0.3 is 4.48 Å². The first kappa shape index (κ1) is 26.1. The van der Waals surface area contributed by atoms with E-state index in [9.17, 15) is 0 Å².